The van der Waals surface area contributed by atoms with Crippen molar-refractivity contribution in [3.8, 4) is 11.6 Å². The Morgan fingerprint density at radius 3 is 2.68 bits per heavy atom. The molecule has 2 rings (SSSR count). The molecule has 0 fully saturated rings. The number of pyridine rings is 1. The number of aromatic carboxylic acids is 1. The molecule has 0 bridgehead atoms. The second-order valence-electron chi connectivity index (χ2n) is 3.49. The number of halogens is 3. The first-order chi connectivity index (χ1) is 8.97. The van der Waals surface area contributed by atoms with Crippen LogP contribution >= 0.6 is 15.9 Å². The van der Waals surface area contributed by atoms with Crippen molar-refractivity contribution < 1.29 is 23.4 Å². The summed E-state index contributed by atoms with van der Waals surface area (Å²) in [5.41, 5.74) is -0.448. The third kappa shape index (κ3) is 3.05. The Morgan fingerprint density at radius 1 is 1.26 bits per heavy atom. The summed E-state index contributed by atoms with van der Waals surface area (Å²) in [6, 6.07) is 4.43. The Kier molecular flexibility index (Phi) is 3.75. The molecule has 1 aromatic heterocycles. The van der Waals surface area contributed by atoms with Crippen LogP contribution in [0.4, 0.5) is 8.78 Å². The average Bonchev–Trinajstić information content (AvgIpc) is 2.35. The molecule has 0 aliphatic rings. The summed E-state index contributed by atoms with van der Waals surface area (Å²) in [6.45, 7) is 0. The van der Waals surface area contributed by atoms with Crippen LogP contribution in [0.25, 0.3) is 0 Å². The summed E-state index contributed by atoms with van der Waals surface area (Å²) < 4.78 is 31.6. The Morgan fingerprint density at radius 2 is 2.00 bits per heavy atom. The summed E-state index contributed by atoms with van der Waals surface area (Å²) in [5.74, 6) is -3.03. The quantitative estimate of drug-likeness (QED) is 0.934. The number of ether oxygens (including phenoxy) is 1. The van der Waals surface area contributed by atoms with Gasteiger partial charge in [0.15, 0.2) is 0 Å². The normalized spacial score (nSPS) is 10.3. The molecule has 0 aliphatic carbocycles. The maximum atomic E-state index is 13.1. The molecule has 19 heavy (non-hydrogen) atoms. The summed E-state index contributed by atoms with van der Waals surface area (Å²) in [4.78, 5) is 14.5. The highest BCUT2D eigenvalue weighted by Gasteiger charge is 2.16. The number of carbonyl (C=O) groups is 1. The van der Waals surface area contributed by atoms with Crippen LogP contribution in [-0.4, -0.2) is 16.1 Å². The fourth-order valence-corrected chi connectivity index (χ4v) is 1.65. The molecule has 0 radical (unpaired) electrons. The molecule has 1 aromatic carbocycles. The first-order valence-corrected chi connectivity index (χ1v) is 5.78. The lowest BCUT2D eigenvalue weighted by Gasteiger charge is -2.09. The summed E-state index contributed by atoms with van der Waals surface area (Å²) in [7, 11) is 0. The number of rotatable bonds is 3. The molecule has 0 atom stereocenters. The van der Waals surface area contributed by atoms with Gasteiger partial charge in [0, 0.05) is 6.07 Å². The van der Waals surface area contributed by atoms with E-state index in [1.165, 1.54) is 12.1 Å². The van der Waals surface area contributed by atoms with Crippen LogP contribution in [-0.2, 0) is 0 Å². The van der Waals surface area contributed by atoms with E-state index in [9.17, 15) is 13.6 Å². The molecule has 0 unspecified atom stereocenters. The van der Waals surface area contributed by atoms with E-state index in [-0.39, 0.29) is 11.6 Å². The first kappa shape index (κ1) is 13.4. The summed E-state index contributed by atoms with van der Waals surface area (Å²) in [6.07, 6.45) is 0.814. The molecule has 1 heterocycles. The fourth-order valence-electron chi connectivity index (χ4n) is 1.32. The van der Waals surface area contributed by atoms with E-state index in [2.05, 4.69) is 20.9 Å². The number of hydrogen-bond donors (Lipinski definition) is 1. The lowest BCUT2D eigenvalue weighted by Crippen LogP contribution is -2.03. The van der Waals surface area contributed by atoms with E-state index >= 15 is 0 Å². The van der Waals surface area contributed by atoms with Crippen LogP contribution in [0.5, 0.6) is 11.6 Å². The zero-order valence-corrected chi connectivity index (χ0v) is 10.8. The Hall–Kier alpha value is -2.02. The van der Waals surface area contributed by atoms with Crippen molar-refractivity contribution >= 4 is 21.9 Å². The minimum absolute atomic E-state index is 0.0432. The third-order valence-corrected chi connectivity index (χ3v) is 2.80. The number of aromatic nitrogens is 1. The van der Waals surface area contributed by atoms with E-state index in [0.29, 0.717) is 4.47 Å². The van der Waals surface area contributed by atoms with Crippen LogP contribution in [0.1, 0.15) is 10.4 Å². The molecular weight excluding hydrogens is 324 g/mol. The molecule has 0 aliphatic heterocycles. The van der Waals surface area contributed by atoms with Crippen molar-refractivity contribution in [2.24, 2.45) is 0 Å². The molecular formula is C12H6BrF2NO3. The number of hydrogen-bond acceptors (Lipinski definition) is 3. The molecule has 0 saturated heterocycles. The molecule has 0 spiro atoms. The van der Waals surface area contributed by atoms with Gasteiger partial charge in [-0.2, -0.15) is 0 Å². The van der Waals surface area contributed by atoms with Crippen molar-refractivity contribution in [2.75, 3.05) is 0 Å². The predicted molar refractivity (Wildman–Crippen MR) is 65.3 cm³/mol. The van der Waals surface area contributed by atoms with Crippen molar-refractivity contribution in [3.63, 3.8) is 0 Å². The van der Waals surface area contributed by atoms with Crippen LogP contribution in [0.3, 0.4) is 0 Å². The van der Waals surface area contributed by atoms with Gasteiger partial charge in [-0.1, -0.05) is 0 Å². The van der Waals surface area contributed by atoms with Gasteiger partial charge in [-0.3, -0.25) is 0 Å². The van der Waals surface area contributed by atoms with Gasteiger partial charge in [-0.05, 0) is 34.1 Å². The monoisotopic (exact) mass is 329 g/mol. The van der Waals surface area contributed by atoms with E-state index in [0.717, 1.165) is 18.3 Å². The van der Waals surface area contributed by atoms with Crippen molar-refractivity contribution in [3.05, 3.63) is 52.1 Å². The second-order valence-corrected chi connectivity index (χ2v) is 4.34. The number of carboxylic acids is 1. The zero-order chi connectivity index (χ0) is 14.0. The van der Waals surface area contributed by atoms with Crippen LogP contribution in [0.15, 0.2) is 34.9 Å². The average molecular weight is 330 g/mol. The largest absolute Gasteiger partial charge is 0.477 e. The highest BCUT2D eigenvalue weighted by Crippen LogP contribution is 2.31. The molecule has 4 nitrogen and oxygen atoms in total. The predicted octanol–water partition coefficient (Wildman–Crippen LogP) is 3.61. The van der Waals surface area contributed by atoms with E-state index in [1.807, 2.05) is 0 Å². The van der Waals surface area contributed by atoms with Gasteiger partial charge >= 0.3 is 5.97 Å². The van der Waals surface area contributed by atoms with Gasteiger partial charge in [0.25, 0.3) is 0 Å². The van der Waals surface area contributed by atoms with Gasteiger partial charge in [0.2, 0.25) is 5.88 Å². The maximum Gasteiger partial charge on any atom is 0.341 e. The minimum Gasteiger partial charge on any atom is -0.477 e. The topological polar surface area (TPSA) is 59.4 Å². The van der Waals surface area contributed by atoms with Gasteiger partial charge < -0.3 is 9.84 Å². The standard InChI is InChI=1S/C12H6BrF2NO3/c13-9-2-1-6(14)4-10(9)19-11-8(12(17)18)3-7(15)5-16-11/h1-5H,(H,17,18). The number of carboxylic acid groups (broad SMARTS) is 1. The zero-order valence-electron chi connectivity index (χ0n) is 9.23. The number of nitrogens with zero attached hydrogens (tertiary/aromatic N) is 1. The van der Waals surface area contributed by atoms with Crippen LogP contribution in [0.2, 0.25) is 0 Å². The highest BCUT2D eigenvalue weighted by atomic mass is 79.9. The molecule has 0 amide bonds. The Bertz CT molecular complexity index is 649. The SMILES string of the molecule is O=C(O)c1cc(F)cnc1Oc1cc(F)ccc1Br. The van der Waals surface area contributed by atoms with Gasteiger partial charge in [0.1, 0.15) is 22.9 Å². The maximum absolute atomic E-state index is 13.1. The van der Waals surface area contributed by atoms with Gasteiger partial charge in [0.05, 0.1) is 10.7 Å². The molecule has 98 valence electrons. The van der Waals surface area contributed by atoms with E-state index < -0.39 is 23.2 Å². The Balaban J connectivity index is 2.43. The van der Waals surface area contributed by atoms with Crippen molar-refractivity contribution in [2.45, 2.75) is 0 Å². The van der Waals surface area contributed by atoms with Gasteiger partial charge in [-0.25, -0.2) is 18.6 Å². The van der Waals surface area contributed by atoms with Gasteiger partial charge in [-0.15, -0.1) is 0 Å². The van der Waals surface area contributed by atoms with E-state index in [1.54, 1.807) is 0 Å². The third-order valence-electron chi connectivity index (χ3n) is 2.15. The lowest BCUT2D eigenvalue weighted by atomic mass is 10.2. The fraction of sp³-hybridized carbons (Fsp3) is 0. The summed E-state index contributed by atoms with van der Waals surface area (Å²) >= 11 is 3.12. The van der Waals surface area contributed by atoms with Crippen LogP contribution in [0, 0.1) is 11.6 Å². The smallest absolute Gasteiger partial charge is 0.341 e. The lowest BCUT2D eigenvalue weighted by molar-refractivity contribution is 0.0692. The highest BCUT2D eigenvalue weighted by molar-refractivity contribution is 9.10. The molecule has 2 aromatic rings. The first-order valence-electron chi connectivity index (χ1n) is 4.99. The minimum atomic E-state index is -1.39. The van der Waals surface area contributed by atoms with Crippen molar-refractivity contribution in [1.82, 2.24) is 4.98 Å². The number of benzene rings is 1. The Labute approximate surface area is 114 Å². The van der Waals surface area contributed by atoms with Crippen molar-refractivity contribution in [1.29, 1.82) is 0 Å². The van der Waals surface area contributed by atoms with E-state index in [4.69, 9.17) is 9.84 Å². The molecule has 0 saturated carbocycles. The van der Waals surface area contributed by atoms with Crippen LogP contribution < -0.4 is 4.74 Å². The molecule has 1 N–H and O–H groups in total. The molecule has 7 heteroatoms. The second kappa shape index (κ2) is 5.31. The summed E-state index contributed by atoms with van der Waals surface area (Å²) in [5, 5.41) is 8.92.